The van der Waals surface area contributed by atoms with Crippen molar-refractivity contribution < 1.29 is 0 Å². The van der Waals surface area contributed by atoms with Crippen LogP contribution in [0.1, 0.15) is 37.3 Å². The van der Waals surface area contributed by atoms with Crippen LogP contribution in [0, 0.1) is 12.8 Å². The predicted octanol–water partition coefficient (Wildman–Crippen LogP) is 3.61. The molecular formula is C17H25ClN2. The van der Waals surface area contributed by atoms with Crippen LogP contribution in [-0.2, 0) is 6.54 Å². The number of hydrogen-bond acceptors (Lipinski definition) is 2. The SMILES string of the molecule is CCC1CN(Cc2ccc(C)cc2Cl)C(C2CC2)CN1. The Morgan fingerprint density at radius 3 is 2.80 bits per heavy atom. The summed E-state index contributed by atoms with van der Waals surface area (Å²) in [7, 11) is 0. The Balaban J connectivity index is 1.74. The zero-order valence-corrected chi connectivity index (χ0v) is 13.3. The fourth-order valence-corrected chi connectivity index (χ4v) is 3.59. The lowest BCUT2D eigenvalue weighted by atomic mass is 10.0. The van der Waals surface area contributed by atoms with Crippen LogP contribution in [-0.4, -0.2) is 30.1 Å². The fourth-order valence-electron chi connectivity index (χ4n) is 3.30. The second kappa shape index (κ2) is 6.05. The Hall–Kier alpha value is -0.570. The molecule has 2 atom stereocenters. The zero-order chi connectivity index (χ0) is 14.1. The Labute approximate surface area is 127 Å². The average Bonchev–Trinajstić information content (AvgIpc) is 3.26. The van der Waals surface area contributed by atoms with E-state index in [1.807, 2.05) is 0 Å². The molecule has 1 saturated heterocycles. The van der Waals surface area contributed by atoms with Gasteiger partial charge in [0.15, 0.2) is 0 Å². The number of rotatable bonds is 4. The van der Waals surface area contributed by atoms with Crippen molar-refractivity contribution in [1.29, 1.82) is 0 Å². The van der Waals surface area contributed by atoms with Crippen molar-refractivity contribution in [2.75, 3.05) is 13.1 Å². The van der Waals surface area contributed by atoms with Gasteiger partial charge in [-0.05, 0) is 49.3 Å². The summed E-state index contributed by atoms with van der Waals surface area (Å²) in [5.74, 6) is 0.907. The first kappa shape index (κ1) is 14.4. The molecule has 2 nitrogen and oxygen atoms in total. The van der Waals surface area contributed by atoms with Crippen molar-refractivity contribution in [2.45, 2.75) is 51.7 Å². The number of aryl methyl sites for hydroxylation is 1. The van der Waals surface area contributed by atoms with Crippen LogP contribution >= 0.6 is 11.6 Å². The summed E-state index contributed by atoms with van der Waals surface area (Å²) in [5, 5.41) is 4.63. The summed E-state index contributed by atoms with van der Waals surface area (Å²) >= 11 is 6.42. The van der Waals surface area contributed by atoms with Gasteiger partial charge in [0.1, 0.15) is 0 Å². The molecule has 0 aromatic heterocycles. The van der Waals surface area contributed by atoms with Crippen LogP contribution in [0.3, 0.4) is 0 Å². The highest BCUT2D eigenvalue weighted by Crippen LogP contribution is 2.37. The van der Waals surface area contributed by atoms with Crippen molar-refractivity contribution >= 4 is 11.6 Å². The fraction of sp³-hybridized carbons (Fsp3) is 0.647. The summed E-state index contributed by atoms with van der Waals surface area (Å²) in [6, 6.07) is 7.80. The van der Waals surface area contributed by atoms with Crippen molar-refractivity contribution in [1.82, 2.24) is 10.2 Å². The van der Waals surface area contributed by atoms with Gasteiger partial charge >= 0.3 is 0 Å². The van der Waals surface area contributed by atoms with Crippen molar-refractivity contribution in [3.8, 4) is 0 Å². The Morgan fingerprint density at radius 2 is 2.15 bits per heavy atom. The Bertz CT molecular complexity index is 470. The van der Waals surface area contributed by atoms with Gasteiger partial charge in [-0.15, -0.1) is 0 Å². The Morgan fingerprint density at radius 1 is 1.35 bits per heavy atom. The van der Waals surface area contributed by atoms with E-state index in [4.69, 9.17) is 11.6 Å². The van der Waals surface area contributed by atoms with Crippen LogP contribution < -0.4 is 5.32 Å². The predicted molar refractivity (Wildman–Crippen MR) is 85.2 cm³/mol. The van der Waals surface area contributed by atoms with E-state index in [-0.39, 0.29) is 0 Å². The van der Waals surface area contributed by atoms with Crippen LogP contribution in [0.15, 0.2) is 18.2 Å². The normalized spacial score (nSPS) is 27.8. The second-order valence-electron chi connectivity index (χ2n) is 6.44. The van der Waals surface area contributed by atoms with Crippen LogP contribution in [0.4, 0.5) is 0 Å². The van der Waals surface area contributed by atoms with Gasteiger partial charge in [-0.3, -0.25) is 4.90 Å². The lowest BCUT2D eigenvalue weighted by Crippen LogP contribution is -2.56. The molecule has 0 spiro atoms. The van der Waals surface area contributed by atoms with Crippen molar-refractivity contribution in [2.24, 2.45) is 5.92 Å². The molecule has 1 saturated carbocycles. The summed E-state index contributed by atoms with van der Waals surface area (Å²) in [6.07, 6.45) is 4.01. The minimum Gasteiger partial charge on any atom is -0.311 e. The molecule has 1 heterocycles. The molecule has 0 radical (unpaired) electrons. The molecule has 2 unspecified atom stereocenters. The van der Waals surface area contributed by atoms with E-state index in [2.05, 4.69) is 42.3 Å². The number of hydrogen-bond donors (Lipinski definition) is 1. The summed E-state index contributed by atoms with van der Waals surface area (Å²) in [5.41, 5.74) is 2.52. The van der Waals surface area contributed by atoms with Gasteiger partial charge < -0.3 is 5.32 Å². The lowest BCUT2D eigenvalue weighted by molar-refractivity contribution is 0.106. The van der Waals surface area contributed by atoms with E-state index in [1.165, 1.54) is 30.4 Å². The molecule has 20 heavy (non-hydrogen) atoms. The quantitative estimate of drug-likeness (QED) is 0.912. The molecule has 0 bridgehead atoms. The molecular weight excluding hydrogens is 268 g/mol. The van der Waals surface area contributed by atoms with Crippen LogP contribution in [0.25, 0.3) is 0 Å². The Kier molecular flexibility index (Phi) is 4.34. The smallest absolute Gasteiger partial charge is 0.0453 e. The number of benzene rings is 1. The highest BCUT2D eigenvalue weighted by atomic mass is 35.5. The van der Waals surface area contributed by atoms with Gasteiger partial charge in [0.2, 0.25) is 0 Å². The molecule has 0 amide bonds. The maximum absolute atomic E-state index is 6.42. The largest absolute Gasteiger partial charge is 0.311 e. The van der Waals surface area contributed by atoms with Gasteiger partial charge in [-0.2, -0.15) is 0 Å². The van der Waals surface area contributed by atoms with Gasteiger partial charge in [0, 0.05) is 36.7 Å². The molecule has 3 rings (SSSR count). The molecule has 1 aliphatic heterocycles. The summed E-state index contributed by atoms with van der Waals surface area (Å²) in [4.78, 5) is 2.67. The van der Waals surface area contributed by atoms with E-state index in [0.29, 0.717) is 12.1 Å². The highest BCUT2D eigenvalue weighted by Gasteiger charge is 2.38. The van der Waals surface area contributed by atoms with Crippen molar-refractivity contribution in [3.63, 3.8) is 0 Å². The molecule has 1 aliphatic carbocycles. The number of piperazine rings is 1. The number of halogens is 1. The second-order valence-corrected chi connectivity index (χ2v) is 6.85. The standard InChI is InChI=1S/C17H25ClN2/c1-3-15-11-20(17(9-19-15)13-6-7-13)10-14-5-4-12(2)8-16(14)18/h4-5,8,13,15,17,19H,3,6-7,9-11H2,1-2H3. The van der Waals surface area contributed by atoms with E-state index in [0.717, 1.165) is 30.6 Å². The van der Waals surface area contributed by atoms with Gasteiger partial charge in [-0.1, -0.05) is 30.7 Å². The molecule has 1 aromatic rings. The number of nitrogens with zero attached hydrogens (tertiary/aromatic N) is 1. The van der Waals surface area contributed by atoms with Gasteiger partial charge in [-0.25, -0.2) is 0 Å². The van der Waals surface area contributed by atoms with E-state index >= 15 is 0 Å². The van der Waals surface area contributed by atoms with Gasteiger partial charge in [0.05, 0.1) is 0 Å². The highest BCUT2D eigenvalue weighted by molar-refractivity contribution is 6.31. The molecule has 2 aliphatic rings. The monoisotopic (exact) mass is 292 g/mol. The lowest BCUT2D eigenvalue weighted by Gasteiger charge is -2.40. The maximum Gasteiger partial charge on any atom is 0.0453 e. The molecule has 3 heteroatoms. The van der Waals surface area contributed by atoms with Crippen LogP contribution in [0.5, 0.6) is 0 Å². The maximum atomic E-state index is 6.42. The molecule has 110 valence electrons. The average molecular weight is 293 g/mol. The summed E-state index contributed by atoms with van der Waals surface area (Å²) in [6.45, 7) is 7.67. The molecule has 2 fully saturated rings. The molecule has 1 N–H and O–H groups in total. The summed E-state index contributed by atoms with van der Waals surface area (Å²) < 4.78 is 0. The minimum atomic E-state index is 0.634. The third-order valence-electron chi connectivity index (χ3n) is 4.78. The van der Waals surface area contributed by atoms with E-state index < -0.39 is 0 Å². The third-order valence-corrected chi connectivity index (χ3v) is 5.13. The third kappa shape index (κ3) is 3.19. The van der Waals surface area contributed by atoms with Gasteiger partial charge in [0.25, 0.3) is 0 Å². The first-order valence-corrected chi connectivity index (χ1v) is 8.27. The molecule has 1 aromatic carbocycles. The zero-order valence-electron chi connectivity index (χ0n) is 12.5. The first-order chi connectivity index (χ1) is 9.67. The van der Waals surface area contributed by atoms with E-state index in [1.54, 1.807) is 0 Å². The van der Waals surface area contributed by atoms with Crippen molar-refractivity contribution in [3.05, 3.63) is 34.3 Å². The first-order valence-electron chi connectivity index (χ1n) is 7.90. The minimum absolute atomic E-state index is 0.634. The topological polar surface area (TPSA) is 15.3 Å². The number of nitrogens with one attached hydrogen (secondary N) is 1. The van der Waals surface area contributed by atoms with Crippen LogP contribution in [0.2, 0.25) is 5.02 Å². The van der Waals surface area contributed by atoms with E-state index in [9.17, 15) is 0 Å².